The molecule has 1 aliphatic rings. The van der Waals surface area contributed by atoms with Crippen LogP contribution in [0.3, 0.4) is 0 Å². The monoisotopic (exact) mass is 167 g/mol. The molecule has 0 aromatic carbocycles. The molecule has 0 bridgehead atoms. The van der Waals surface area contributed by atoms with Crippen molar-refractivity contribution in [2.75, 3.05) is 18.0 Å². The van der Waals surface area contributed by atoms with Gasteiger partial charge >= 0.3 is 5.97 Å². The molecule has 1 aliphatic heterocycles. The van der Waals surface area contributed by atoms with Crippen molar-refractivity contribution in [1.29, 1.82) is 0 Å². The first-order chi connectivity index (χ1) is 5.77. The van der Waals surface area contributed by atoms with Gasteiger partial charge in [-0.2, -0.15) is 5.10 Å². The smallest absolute Gasteiger partial charge is 0.323 e. The van der Waals surface area contributed by atoms with Crippen LogP contribution >= 0.6 is 0 Å². The Morgan fingerprint density at radius 2 is 2.50 bits per heavy atom. The van der Waals surface area contributed by atoms with Gasteiger partial charge in [0.25, 0.3) is 0 Å². The highest BCUT2D eigenvalue weighted by molar-refractivity contribution is 5.73. The fourth-order valence-corrected chi connectivity index (χ4v) is 1.42. The van der Waals surface area contributed by atoms with E-state index in [9.17, 15) is 4.79 Å². The quantitative estimate of drug-likeness (QED) is 0.662. The average molecular weight is 167 g/mol. The van der Waals surface area contributed by atoms with Crippen LogP contribution in [0.2, 0.25) is 0 Å². The molecule has 12 heavy (non-hydrogen) atoms. The van der Waals surface area contributed by atoms with E-state index in [0.29, 0.717) is 0 Å². The van der Waals surface area contributed by atoms with Gasteiger partial charge in [0.05, 0.1) is 12.7 Å². The number of anilines is 1. The Bertz CT molecular complexity index is 307. The molecule has 1 N–H and O–H groups in total. The minimum atomic E-state index is -0.801. The van der Waals surface area contributed by atoms with Gasteiger partial charge in [-0.3, -0.25) is 4.79 Å². The summed E-state index contributed by atoms with van der Waals surface area (Å²) in [6, 6.07) is 1.83. The zero-order chi connectivity index (χ0) is 8.55. The molecule has 1 aromatic rings. The van der Waals surface area contributed by atoms with Gasteiger partial charge in [-0.05, 0) is 0 Å². The first-order valence-corrected chi connectivity index (χ1v) is 3.76. The maximum absolute atomic E-state index is 10.4. The lowest BCUT2D eigenvalue weighted by atomic mass is 10.5. The highest BCUT2D eigenvalue weighted by Crippen LogP contribution is 2.18. The second kappa shape index (κ2) is 2.51. The molecule has 1 aromatic heterocycles. The summed E-state index contributed by atoms with van der Waals surface area (Å²) in [5.41, 5.74) is 0. The topological polar surface area (TPSA) is 58.4 Å². The van der Waals surface area contributed by atoms with Crippen molar-refractivity contribution in [2.45, 2.75) is 6.54 Å². The first kappa shape index (κ1) is 7.15. The number of carboxylic acids is 1. The molecule has 0 aliphatic carbocycles. The third-order valence-electron chi connectivity index (χ3n) is 1.93. The standard InChI is InChI=1S/C7H9N3O2/c11-7(12)5-9-3-4-10-6(9)1-2-8-10/h1-2H,3-5H2,(H,11,12). The number of hydrogen-bond acceptors (Lipinski definition) is 3. The number of hydrogen-bond donors (Lipinski definition) is 1. The zero-order valence-electron chi connectivity index (χ0n) is 6.47. The van der Waals surface area contributed by atoms with E-state index in [4.69, 9.17) is 5.11 Å². The number of fused-ring (bicyclic) bond motifs is 1. The summed E-state index contributed by atoms with van der Waals surface area (Å²) in [7, 11) is 0. The lowest BCUT2D eigenvalue weighted by molar-refractivity contribution is -0.135. The van der Waals surface area contributed by atoms with Crippen LogP contribution in [-0.4, -0.2) is 33.9 Å². The van der Waals surface area contributed by atoms with Crippen LogP contribution in [0.1, 0.15) is 0 Å². The lowest BCUT2D eigenvalue weighted by Crippen LogP contribution is -2.27. The maximum atomic E-state index is 10.4. The van der Waals surface area contributed by atoms with Gasteiger partial charge in [-0.1, -0.05) is 0 Å². The van der Waals surface area contributed by atoms with Crippen molar-refractivity contribution in [3.63, 3.8) is 0 Å². The van der Waals surface area contributed by atoms with E-state index in [0.717, 1.165) is 18.9 Å². The maximum Gasteiger partial charge on any atom is 0.323 e. The van der Waals surface area contributed by atoms with E-state index in [-0.39, 0.29) is 6.54 Å². The van der Waals surface area contributed by atoms with Gasteiger partial charge in [0.15, 0.2) is 0 Å². The van der Waals surface area contributed by atoms with Crippen LogP contribution in [0.15, 0.2) is 12.3 Å². The Hall–Kier alpha value is -1.52. The van der Waals surface area contributed by atoms with Gasteiger partial charge in [0, 0.05) is 12.6 Å². The zero-order valence-corrected chi connectivity index (χ0v) is 6.47. The summed E-state index contributed by atoms with van der Waals surface area (Å²) in [6.07, 6.45) is 1.68. The first-order valence-electron chi connectivity index (χ1n) is 3.76. The molecule has 0 unspecified atom stereocenters. The van der Waals surface area contributed by atoms with E-state index < -0.39 is 5.97 Å². The summed E-state index contributed by atoms with van der Waals surface area (Å²) >= 11 is 0. The number of aromatic nitrogens is 2. The van der Waals surface area contributed by atoms with E-state index in [1.54, 1.807) is 11.1 Å². The molecular formula is C7H9N3O2. The van der Waals surface area contributed by atoms with Gasteiger partial charge < -0.3 is 10.0 Å². The average Bonchev–Trinajstić information content (AvgIpc) is 2.52. The van der Waals surface area contributed by atoms with Crippen LogP contribution in [0.4, 0.5) is 5.82 Å². The summed E-state index contributed by atoms with van der Waals surface area (Å²) in [4.78, 5) is 12.2. The number of carbonyl (C=O) groups is 1. The number of aliphatic carboxylic acids is 1. The largest absolute Gasteiger partial charge is 0.480 e. The molecule has 0 amide bonds. The summed E-state index contributed by atoms with van der Waals surface area (Å²) in [6.45, 7) is 1.59. The van der Waals surface area contributed by atoms with E-state index in [2.05, 4.69) is 5.10 Å². The highest BCUT2D eigenvalue weighted by Gasteiger charge is 2.20. The van der Waals surface area contributed by atoms with Gasteiger partial charge in [-0.25, -0.2) is 4.68 Å². The Morgan fingerprint density at radius 1 is 1.67 bits per heavy atom. The Kier molecular flexibility index (Phi) is 1.49. The van der Waals surface area contributed by atoms with Crippen LogP contribution in [-0.2, 0) is 11.3 Å². The number of carboxylic acid groups (broad SMARTS) is 1. The second-order valence-electron chi connectivity index (χ2n) is 2.73. The molecule has 2 rings (SSSR count). The van der Waals surface area contributed by atoms with E-state index >= 15 is 0 Å². The molecule has 0 saturated carbocycles. The molecule has 0 radical (unpaired) electrons. The van der Waals surface area contributed by atoms with Crippen molar-refractivity contribution in [2.24, 2.45) is 0 Å². The van der Waals surface area contributed by atoms with Crippen LogP contribution < -0.4 is 4.90 Å². The highest BCUT2D eigenvalue weighted by atomic mass is 16.4. The van der Waals surface area contributed by atoms with Crippen LogP contribution in [0.5, 0.6) is 0 Å². The molecule has 0 atom stereocenters. The number of nitrogens with zero attached hydrogens (tertiary/aromatic N) is 3. The van der Waals surface area contributed by atoms with Crippen LogP contribution in [0, 0.1) is 0 Å². The van der Waals surface area contributed by atoms with Crippen molar-refractivity contribution in [1.82, 2.24) is 9.78 Å². The molecule has 2 heterocycles. The minimum Gasteiger partial charge on any atom is -0.480 e. The predicted molar refractivity (Wildman–Crippen MR) is 42.1 cm³/mol. The van der Waals surface area contributed by atoms with Crippen molar-refractivity contribution in [3.05, 3.63) is 12.3 Å². The van der Waals surface area contributed by atoms with Gasteiger partial charge in [-0.15, -0.1) is 0 Å². The van der Waals surface area contributed by atoms with E-state index in [1.165, 1.54) is 0 Å². The second-order valence-corrected chi connectivity index (χ2v) is 2.73. The summed E-state index contributed by atoms with van der Waals surface area (Å²) in [5.74, 6) is 0.0991. The fraction of sp³-hybridized carbons (Fsp3) is 0.429. The lowest BCUT2D eigenvalue weighted by Gasteiger charge is -2.12. The Balaban J connectivity index is 2.17. The third kappa shape index (κ3) is 1.03. The Morgan fingerprint density at radius 3 is 3.25 bits per heavy atom. The summed E-state index contributed by atoms with van der Waals surface area (Å²) < 4.78 is 1.81. The predicted octanol–water partition coefficient (Wildman–Crippen LogP) is -0.212. The molecule has 0 spiro atoms. The molecule has 5 heteroatoms. The normalized spacial score (nSPS) is 14.8. The third-order valence-corrected chi connectivity index (χ3v) is 1.93. The minimum absolute atomic E-state index is 0.0612. The van der Waals surface area contributed by atoms with Crippen molar-refractivity contribution < 1.29 is 9.90 Å². The molecule has 64 valence electrons. The number of rotatable bonds is 2. The van der Waals surface area contributed by atoms with Gasteiger partial charge in [0.2, 0.25) is 0 Å². The van der Waals surface area contributed by atoms with Gasteiger partial charge in [0.1, 0.15) is 12.4 Å². The molecule has 0 fully saturated rings. The van der Waals surface area contributed by atoms with E-state index in [1.807, 2.05) is 10.7 Å². The molecule has 0 saturated heterocycles. The van der Waals surface area contributed by atoms with Crippen molar-refractivity contribution >= 4 is 11.8 Å². The van der Waals surface area contributed by atoms with Crippen molar-refractivity contribution in [3.8, 4) is 0 Å². The molecule has 5 nitrogen and oxygen atoms in total. The van der Waals surface area contributed by atoms with Crippen LogP contribution in [0.25, 0.3) is 0 Å². The molecular weight excluding hydrogens is 158 g/mol. The Labute approximate surface area is 69.2 Å². The fourth-order valence-electron chi connectivity index (χ4n) is 1.42. The SMILES string of the molecule is O=C(O)CN1CCn2nccc21. The summed E-state index contributed by atoms with van der Waals surface area (Å²) in [5, 5.41) is 12.6.